The Kier molecular flexibility index (Phi) is 4.83. The number of ether oxygens (including phenoxy) is 3. The van der Waals surface area contributed by atoms with Crippen molar-refractivity contribution in [1.82, 2.24) is 5.32 Å². The molecule has 1 aromatic rings. The Balaban J connectivity index is 2.13. The van der Waals surface area contributed by atoms with Crippen molar-refractivity contribution in [3.05, 3.63) is 29.3 Å². The molecule has 0 bridgehead atoms. The molecule has 1 aliphatic heterocycles. The number of Topliss-reactive ketones (excluding diaryl/α,β-unsaturated/α-hetero) is 1. The number of carbonyl (C=O) groups excluding carboxylic acids is 2. The van der Waals surface area contributed by atoms with Crippen molar-refractivity contribution in [3.63, 3.8) is 0 Å². The minimum Gasteiger partial charge on any atom is -0.487 e. The van der Waals surface area contributed by atoms with Gasteiger partial charge in [-0.25, -0.2) is 0 Å². The van der Waals surface area contributed by atoms with Crippen LogP contribution in [-0.4, -0.2) is 44.3 Å². The molecule has 0 saturated carbocycles. The zero-order chi connectivity index (χ0) is 16.3. The van der Waals surface area contributed by atoms with Crippen LogP contribution in [0.25, 0.3) is 0 Å². The normalized spacial score (nSPS) is 16.1. The zero-order valence-electron chi connectivity index (χ0n) is 13.3. The van der Waals surface area contributed by atoms with Crippen LogP contribution in [0.4, 0.5) is 0 Å². The molecular formula is C16H21NO5. The van der Waals surface area contributed by atoms with Gasteiger partial charge in [0.1, 0.15) is 11.4 Å². The maximum Gasteiger partial charge on any atom is 0.251 e. The van der Waals surface area contributed by atoms with Crippen molar-refractivity contribution in [2.75, 3.05) is 20.8 Å². The van der Waals surface area contributed by atoms with E-state index in [1.165, 1.54) is 14.2 Å². The van der Waals surface area contributed by atoms with Gasteiger partial charge in [0.2, 0.25) is 0 Å². The molecule has 1 N–H and O–H groups in total. The Morgan fingerprint density at radius 2 is 2.05 bits per heavy atom. The van der Waals surface area contributed by atoms with Crippen LogP contribution in [0.3, 0.4) is 0 Å². The van der Waals surface area contributed by atoms with Gasteiger partial charge in [0.15, 0.2) is 12.1 Å². The molecule has 0 radical (unpaired) electrons. The number of carbonyl (C=O) groups is 2. The summed E-state index contributed by atoms with van der Waals surface area (Å²) in [6.45, 7) is 3.95. The molecule has 0 saturated heterocycles. The van der Waals surface area contributed by atoms with Gasteiger partial charge in [-0.2, -0.15) is 0 Å². The molecule has 1 aliphatic rings. The Labute approximate surface area is 129 Å². The second-order valence-corrected chi connectivity index (χ2v) is 5.78. The van der Waals surface area contributed by atoms with Crippen LogP contribution in [0.1, 0.15) is 41.0 Å². The number of benzene rings is 1. The number of hydrogen-bond donors (Lipinski definition) is 1. The van der Waals surface area contributed by atoms with E-state index in [-0.39, 0.29) is 18.2 Å². The van der Waals surface area contributed by atoms with Crippen molar-refractivity contribution >= 4 is 11.7 Å². The summed E-state index contributed by atoms with van der Waals surface area (Å²) in [6.07, 6.45) is -0.215. The maximum atomic E-state index is 12.2. The Bertz CT molecular complexity index is 578. The molecule has 6 heteroatoms. The number of nitrogens with one attached hydrogen (secondary N) is 1. The van der Waals surface area contributed by atoms with Crippen LogP contribution in [0, 0.1) is 0 Å². The first kappa shape index (κ1) is 16.5. The lowest BCUT2D eigenvalue weighted by molar-refractivity contribution is -0.0974. The molecule has 6 nitrogen and oxygen atoms in total. The van der Waals surface area contributed by atoms with Gasteiger partial charge in [-0.05, 0) is 32.0 Å². The lowest BCUT2D eigenvalue weighted by Gasteiger charge is -2.31. The molecular weight excluding hydrogens is 286 g/mol. The molecule has 1 amide bonds. The van der Waals surface area contributed by atoms with Gasteiger partial charge < -0.3 is 19.5 Å². The summed E-state index contributed by atoms with van der Waals surface area (Å²) >= 11 is 0. The van der Waals surface area contributed by atoms with Crippen LogP contribution >= 0.6 is 0 Å². The highest BCUT2D eigenvalue weighted by Gasteiger charge is 2.32. The Hall–Kier alpha value is -1.92. The van der Waals surface area contributed by atoms with Crippen molar-refractivity contribution < 1.29 is 23.8 Å². The molecule has 1 heterocycles. The highest BCUT2D eigenvalue weighted by atomic mass is 16.7. The molecule has 2 rings (SSSR count). The largest absolute Gasteiger partial charge is 0.487 e. The molecule has 120 valence electrons. The maximum absolute atomic E-state index is 12.2. The summed E-state index contributed by atoms with van der Waals surface area (Å²) in [6, 6.07) is 4.86. The third-order valence-corrected chi connectivity index (χ3v) is 3.47. The number of methoxy groups -OCH3 is 2. The summed E-state index contributed by atoms with van der Waals surface area (Å²) in [7, 11) is 2.99. The van der Waals surface area contributed by atoms with Crippen LogP contribution in [0.15, 0.2) is 18.2 Å². The summed E-state index contributed by atoms with van der Waals surface area (Å²) in [5.74, 6) is 0.205. The Morgan fingerprint density at radius 1 is 1.36 bits per heavy atom. The molecule has 0 unspecified atom stereocenters. The van der Waals surface area contributed by atoms with Gasteiger partial charge in [0, 0.05) is 19.8 Å². The van der Waals surface area contributed by atoms with Crippen molar-refractivity contribution in [2.45, 2.75) is 32.2 Å². The number of amides is 1. The molecule has 0 aromatic heterocycles. The first-order valence-electron chi connectivity index (χ1n) is 7.06. The molecule has 22 heavy (non-hydrogen) atoms. The minimum absolute atomic E-state index is 0.0208. The summed E-state index contributed by atoms with van der Waals surface area (Å²) in [5, 5.41) is 2.70. The van der Waals surface area contributed by atoms with Gasteiger partial charge in [0.25, 0.3) is 5.91 Å². The Morgan fingerprint density at radius 3 is 2.68 bits per heavy atom. The minimum atomic E-state index is -0.516. The first-order valence-corrected chi connectivity index (χ1v) is 7.06. The summed E-state index contributed by atoms with van der Waals surface area (Å²) in [4.78, 5) is 24.3. The summed E-state index contributed by atoms with van der Waals surface area (Å²) < 4.78 is 15.8. The SMILES string of the molecule is COC(CNC(=O)c1ccc2c(c1)C(=O)CC(C)(C)O2)OC. The van der Waals surface area contributed by atoms with E-state index in [0.29, 0.717) is 23.3 Å². The first-order chi connectivity index (χ1) is 10.4. The lowest BCUT2D eigenvalue weighted by atomic mass is 9.92. The van der Waals surface area contributed by atoms with Crippen molar-refractivity contribution in [1.29, 1.82) is 0 Å². The van der Waals surface area contributed by atoms with Crippen LogP contribution in [0.5, 0.6) is 5.75 Å². The van der Waals surface area contributed by atoms with E-state index in [1.54, 1.807) is 18.2 Å². The quantitative estimate of drug-likeness (QED) is 0.839. The second kappa shape index (κ2) is 6.46. The standard InChI is InChI=1S/C16H21NO5/c1-16(2)8-12(18)11-7-10(5-6-13(11)22-16)15(19)17-9-14(20-3)21-4/h5-7,14H,8-9H2,1-4H3,(H,17,19). The van der Waals surface area contributed by atoms with Gasteiger partial charge >= 0.3 is 0 Å². The fourth-order valence-corrected chi connectivity index (χ4v) is 2.33. The molecule has 1 aromatic carbocycles. The van der Waals surface area contributed by atoms with Gasteiger partial charge in [-0.15, -0.1) is 0 Å². The van der Waals surface area contributed by atoms with Crippen LogP contribution in [-0.2, 0) is 9.47 Å². The van der Waals surface area contributed by atoms with Gasteiger partial charge in [-0.3, -0.25) is 9.59 Å². The summed E-state index contributed by atoms with van der Waals surface area (Å²) in [5.41, 5.74) is 0.334. The average Bonchev–Trinajstić information content (AvgIpc) is 2.46. The van der Waals surface area contributed by atoms with E-state index < -0.39 is 11.9 Å². The van der Waals surface area contributed by atoms with E-state index in [4.69, 9.17) is 14.2 Å². The smallest absolute Gasteiger partial charge is 0.251 e. The molecule has 0 fully saturated rings. The highest BCUT2D eigenvalue weighted by molar-refractivity contribution is 6.03. The predicted molar refractivity (Wildman–Crippen MR) is 80.2 cm³/mol. The number of rotatable bonds is 5. The van der Waals surface area contributed by atoms with Gasteiger partial charge in [0.05, 0.1) is 18.5 Å². The fourth-order valence-electron chi connectivity index (χ4n) is 2.33. The number of fused-ring (bicyclic) bond motifs is 1. The third-order valence-electron chi connectivity index (χ3n) is 3.47. The van der Waals surface area contributed by atoms with E-state index in [2.05, 4.69) is 5.32 Å². The van der Waals surface area contributed by atoms with E-state index in [9.17, 15) is 9.59 Å². The van der Waals surface area contributed by atoms with Crippen LogP contribution in [0.2, 0.25) is 0 Å². The topological polar surface area (TPSA) is 73.9 Å². The van der Waals surface area contributed by atoms with E-state index >= 15 is 0 Å². The molecule has 0 spiro atoms. The van der Waals surface area contributed by atoms with Gasteiger partial charge in [-0.1, -0.05) is 0 Å². The van der Waals surface area contributed by atoms with E-state index in [0.717, 1.165) is 0 Å². The second-order valence-electron chi connectivity index (χ2n) is 5.78. The monoisotopic (exact) mass is 307 g/mol. The lowest BCUT2D eigenvalue weighted by Crippen LogP contribution is -2.36. The highest BCUT2D eigenvalue weighted by Crippen LogP contribution is 2.33. The van der Waals surface area contributed by atoms with Crippen molar-refractivity contribution in [2.24, 2.45) is 0 Å². The van der Waals surface area contributed by atoms with Crippen LogP contribution < -0.4 is 10.1 Å². The molecule has 0 atom stereocenters. The van der Waals surface area contributed by atoms with Crippen molar-refractivity contribution in [3.8, 4) is 5.75 Å². The zero-order valence-corrected chi connectivity index (χ0v) is 13.3. The predicted octanol–water partition coefficient (Wildman–Crippen LogP) is 1.78. The van der Waals surface area contributed by atoms with E-state index in [1.807, 2.05) is 13.8 Å². The fraction of sp³-hybridized carbons (Fsp3) is 0.500. The third kappa shape index (κ3) is 3.64. The number of hydrogen-bond acceptors (Lipinski definition) is 5. The number of ketones is 1. The molecule has 0 aliphatic carbocycles. The average molecular weight is 307 g/mol.